The van der Waals surface area contributed by atoms with Crippen molar-refractivity contribution >= 4 is 28.0 Å². The molecule has 1 N–H and O–H groups in total. The van der Waals surface area contributed by atoms with E-state index in [4.69, 9.17) is 13.9 Å². The quantitative estimate of drug-likeness (QED) is 0.562. The van der Waals surface area contributed by atoms with E-state index < -0.39 is 6.10 Å². The fourth-order valence-corrected chi connectivity index (χ4v) is 2.09. The van der Waals surface area contributed by atoms with Gasteiger partial charge in [-0.3, -0.25) is 4.79 Å². The number of aromatic nitrogens is 2. The van der Waals surface area contributed by atoms with E-state index >= 15 is 0 Å². The number of aliphatic hydroxyl groups is 1. The summed E-state index contributed by atoms with van der Waals surface area (Å²) in [4.78, 5) is 19.0. The number of Topliss-reactive ketones (excluding diaryl/α,β-unsaturated/α-hetero) is 1. The number of carbonyl (C=O) groups excluding carboxylic acids is 1. The first-order valence-electron chi connectivity index (χ1n) is 7.44. The van der Waals surface area contributed by atoms with E-state index in [1.54, 1.807) is 13.0 Å². The van der Waals surface area contributed by atoms with Crippen molar-refractivity contribution in [2.45, 2.75) is 20.0 Å². The molecular formula is C18H16N2O4. The predicted molar refractivity (Wildman–Crippen MR) is 88.7 cm³/mol. The smallest absolute Gasteiger partial charge is 0.263 e. The zero-order valence-electron chi connectivity index (χ0n) is 13.3. The molecule has 122 valence electrons. The first-order valence-corrected chi connectivity index (χ1v) is 7.44. The number of benzene rings is 2. The highest BCUT2D eigenvalue weighted by atomic mass is 16.4. The minimum absolute atomic E-state index is 0.147. The minimum atomic E-state index is -0.641. The molecule has 0 saturated carbocycles. The van der Waals surface area contributed by atoms with Crippen molar-refractivity contribution in [1.29, 1.82) is 0 Å². The molecule has 0 aliphatic carbocycles. The predicted octanol–water partition coefficient (Wildman–Crippen LogP) is 3.91. The Kier molecular flexibility index (Phi) is 4.39. The average Bonchev–Trinajstić information content (AvgIpc) is 3.19. The second-order valence-electron chi connectivity index (χ2n) is 5.24. The van der Waals surface area contributed by atoms with Gasteiger partial charge in [0.25, 0.3) is 5.89 Å². The summed E-state index contributed by atoms with van der Waals surface area (Å²) in [6, 6.07) is 14.7. The lowest BCUT2D eigenvalue weighted by Crippen LogP contribution is -1.89. The van der Waals surface area contributed by atoms with Crippen LogP contribution in [-0.2, 0) is 0 Å². The van der Waals surface area contributed by atoms with Crippen molar-refractivity contribution in [1.82, 2.24) is 9.97 Å². The van der Waals surface area contributed by atoms with Gasteiger partial charge >= 0.3 is 0 Å². The maximum Gasteiger partial charge on any atom is 0.263 e. The van der Waals surface area contributed by atoms with Crippen LogP contribution >= 0.6 is 0 Å². The van der Waals surface area contributed by atoms with Gasteiger partial charge in [-0.2, -0.15) is 0 Å². The number of hydrogen-bond acceptors (Lipinski definition) is 6. The number of hydrogen-bond donors (Lipinski definition) is 1. The Hall–Kier alpha value is -2.99. The molecule has 1 unspecified atom stereocenters. The third-order valence-electron chi connectivity index (χ3n) is 3.26. The third-order valence-corrected chi connectivity index (χ3v) is 3.26. The average molecular weight is 324 g/mol. The van der Waals surface area contributed by atoms with Crippen LogP contribution in [0.4, 0.5) is 0 Å². The Balaban J connectivity index is 0.000000141. The highest BCUT2D eigenvalue weighted by Crippen LogP contribution is 2.18. The number of oxazole rings is 2. The molecule has 0 fully saturated rings. The number of fused-ring (bicyclic) bond motifs is 2. The summed E-state index contributed by atoms with van der Waals surface area (Å²) < 4.78 is 10.4. The number of aliphatic hydroxyl groups excluding tert-OH is 1. The molecule has 2 aromatic heterocycles. The maximum atomic E-state index is 10.9. The Morgan fingerprint density at radius 2 is 1.50 bits per heavy atom. The van der Waals surface area contributed by atoms with Crippen LogP contribution < -0.4 is 0 Å². The molecule has 24 heavy (non-hydrogen) atoms. The van der Waals surface area contributed by atoms with Crippen LogP contribution in [0.5, 0.6) is 0 Å². The number of carbonyl (C=O) groups is 1. The van der Waals surface area contributed by atoms with Gasteiger partial charge in [-0.05, 0) is 31.2 Å². The lowest BCUT2D eigenvalue weighted by atomic mass is 10.3. The summed E-state index contributed by atoms with van der Waals surface area (Å²) in [7, 11) is 0. The van der Waals surface area contributed by atoms with E-state index in [2.05, 4.69) is 9.97 Å². The van der Waals surface area contributed by atoms with Gasteiger partial charge in [0.2, 0.25) is 11.7 Å². The van der Waals surface area contributed by atoms with Crippen LogP contribution in [0, 0.1) is 0 Å². The highest BCUT2D eigenvalue weighted by molar-refractivity contribution is 5.92. The van der Waals surface area contributed by atoms with Crippen molar-refractivity contribution in [3.05, 3.63) is 60.3 Å². The van der Waals surface area contributed by atoms with Crippen molar-refractivity contribution in [2.24, 2.45) is 0 Å². The summed E-state index contributed by atoms with van der Waals surface area (Å²) in [6.45, 7) is 3.06. The van der Waals surface area contributed by atoms with Crippen molar-refractivity contribution in [3.63, 3.8) is 0 Å². The summed E-state index contributed by atoms with van der Waals surface area (Å²) in [5.74, 6) is 0.401. The summed E-state index contributed by atoms with van der Waals surface area (Å²) in [5.41, 5.74) is 2.88. The molecule has 1 atom stereocenters. The van der Waals surface area contributed by atoms with Crippen molar-refractivity contribution in [3.8, 4) is 0 Å². The minimum Gasteiger partial charge on any atom is -0.438 e. The van der Waals surface area contributed by atoms with Gasteiger partial charge in [-0.15, -0.1) is 0 Å². The molecular weight excluding hydrogens is 308 g/mol. The lowest BCUT2D eigenvalue weighted by molar-refractivity contribution is 0.0983. The van der Waals surface area contributed by atoms with Crippen LogP contribution in [0.2, 0.25) is 0 Å². The number of rotatable bonds is 2. The van der Waals surface area contributed by atoms with Crippen LogP contribution in [0.15, 0.2) is 57.4 Å². The first kappa shape index (κ1) is 15.9. The van der Waals surface area contributed by atoms with Crippen LogP contribution in [-0.4, -0.2) is 20.9 Å². The molecule has 6 nitrogen and oxygen atoms in total. The summed E-state index contributed by atoms with van der Waals surface area (Å²) in [5, 5.41) is 9.17. The molecule has 4 aromatic rings. The van der Waals surface area contributed by atoms with Crippen molar-refractivity contribution in [2.75, 3.05) is 0 Å². The van der Waals surface area contributed by atoms with E-state index in [9.17, 15) is 4.79 Å². The largest absolute Gasteiger partial charge is 0.438 e. The van der Waals surface area contributed by atoms with Crippen LogP contribution in [0.1, 0.15) is 36.5 Å². The van der Waals surface area contributed by atoms with Gasteiger partial charge in [0, 0.05) is 6.92 Å². The molecule has 0 spiro atoms. The molecule has 6 heteroatoms. The monoisotopic (exact) mass is 324 g/mol. The second-order valence-corrected chi connectivity index (χ2v) is 5.24. The Morgan fingerprint density at radius 3 is 2.00 bits per heavy atom. The van der Waals surface area contributed by atoms with E-state index in [0.29, 0.717) is 17.1 Å². The Labute approximate surface area is 137 Å². The molecule has 0 radical (unpaired) electrons. The normalized spacial score (nSPS) is 12.0. The molecule has 2 heterocycles. The zero-order valence-corrected chi connectivity index (χ0v) is 13.3. The van der Waals surface area contributed by atoms with Crippen molar-refractivity contribution < 1.29 is 18.7 Å². The van der Waals surface area contributed by atoms with E-state index in [0.717, 1.165) is 11.0 Å². The molecule has 0 saturated heterocycles. The summed E-state index contributed by atoms with van der Waals surface area (Å²) in [6.07, 6.45) is -0.641. The second kappa shape index (κ2) is 6.64. The van der Waals surface area contributed by atoms with Gasteiger partial charge in [0.05, 0.1) is 0 Å². The van der Waals surface area contributed by atoms with Gasteiger partial charge in [0.1, 0.15) is 17.1 Å². The Bertz CT molecular complexity index is 919. The fourth-order valence-electron chi connectivity index (χ4n) is 2.09. The van der Waals surface area contributed by atoms with E-state index in [1.807, 2.05) is 42.5 Å². The van der Waals surface area contributed by atoms with Gasteiger partial charge < -0.3 is 13.9 Å². The third kappa shape index (κ3) is 3.33. The molecule has 0 aliphatic rings. The highest BCUT2D eigenvalue weighted by Gasteiger charge is 2.09. The molecule has 0 bridgehead atoms. The molecule has 2 aromatic carbocycles. The van der Waals surface area contributed by atoms with E-state index in [1.165, 1.54) is 6.92 Å². The molecule has 4 rings (SSSR count). The van der Waals surface area contributed by atoms with Gasteiger partial charge in [0.15, 0.2) is 11.2 Å². The van der Waals surface area contributed by atoms with Crippen LogP contribution in [0.25, 0.3) is 22.2 Å². The molecule has 0 aliphatic heterocycles. The van der Waals surface area contributed by atoms with Gasteiger partial charge in [-0.1, -0.05) is 24.3 Å². The fraction of sp³-hybridized carbons (Fsp3) is 0.167. The topological polar surface area (TPSA) is 89.4 Å². The molecule has 0 amide bonds. The maximum absolute atomic E-state index is 10.9. The van der Waals surface area contributed by atoms with Crippen LogP contribution in [0.3, 0.4) is 0 Å². The number of nitrogens with zero attached hydrogens (tertiary/aromatic N) is 2. The number of para-hydroxylation sites is 4. The van der Waals surface area contributed by atoms with E-state index in [-0.39, 0.29) is 11.7 Å². The standard InChI is InChI=1S/C9H9NO2.C9H7NO2/c2*1-6(11)9-10-7-4-2-3-5-8(7)12-9/h2-6,11H,1H3;2-5H,1H3. The Morgan fingerprint density at radius 1 is 0.958 bits per heavy atom. The summed E-state index contributed by atoms with van der Waals surface area (Å²) >= 11 is 0. The lowest BCUT2D eigenvalue weighted by Gasteiger charge is -1.93. The van der Waals surface area contributed by atoms with Gasteiger partial charge in [-0.25, -0.2) is 9.97 Å². The zero-order chi connectivity index (χ0) is 17.1. The SMILES string of the molecule is CC(=O)c1nc2ccccc2o1.CC(O)c1nc2ccccc2o1. The first-order chi connectivity index (χ1) is 11.5. The number of ketones is 1.